The summed E-state index contributed by atoms with van der Waals surface area (Å²) in [7, 11) is 0. The smallest absolute Gasteiger partial charge is 0.150 e. The molecule has 20 heavy (non-hydrogen) atoms. The van der Waals surface area contributed by atoms with Gasteiger partial charge in [-0.25, -0.2) is 9.67 Å². The molecule has 1 aromatic carbocycles. The van der Waals surface area contributed by atoms with E-state index in [0.717, 1.165) is 35.6 Å². The SMILES string of the molecule is CCc1nc(CC)n(Cc2ccccc2C#CCN)n1. The molecule has 2 aromatic rings. The van der Waals surface area contributed by atoms with Gasteiger partial charge in [-0.05, 0) is 11.6 Å². The first kappa shape index (κ1) is 14.3. The molecule has 104 valence electrons. The third kappa shape index (κ3) is 3.25. The molecule has 0 aliphatic heterocycles. The summed E-state index contributed by atoms with van der Waals surface area (Å²) in [5.74, 6) is 7.94. The molecule has 0 radical (unpaired) electrons. The van der Waals surface area contributed by atoms with Gasteiger partial charge >= 0.3 is 0 Å². The fourth-order valence-corrected chi connectivity index (χ4v) is 2.05. The quantitative estimate of drug-likeness (QED) is 0.860. The van der Waals surface area contributed by atoms with E-state index in [9.17, 15) is 0 Å². The maximum Gasteiger partial charge on any atom is 0.150 e. The van der Waals surface area contributed by atoms with E-state index >= 15 is 0 Å². The maximum atomic E-state index is 5.44. The van der Waals surface area contributed by atoms with Gasteiger partial charge in [-0.1, -0.05) is 43.9 Å². The standard InChI is InChI=1S/C16H20N4/c1-3-15-18-16(4-2)20(19-15)12-14-9-6-5-8-13(14)10-7-11-17/h5-6,8-9H,3-4,11-12,17H2,1-2H3. The van der Waals surface area contributed by atoms with Gasteiger partial charge in [0.25, 0.3) is 0 Å². The van der Waals surface area contributed by atoms with Gasteiger partial charge in [0.15, 0.2) is 5.82 Å². The number of nitrogens with zero attached hydrogens (tertiary/aromatic N) is 3. The molecule has 0 saturated heterocycles. The molecular weight excluding hydrogens is 248 g/mol. The third-order valence-electron chi connectivity index (χ3n) is 3.09. The van der Waals surface area contributed by atoms with Gasteiger partial charge in [-0.3, -0.25) is 0 Å². The third-order valence-corrected chi connectivity index (χ3v) is 3.09. The molecule has 0 unspecified atom stereocenters. The average Bonchev–Trinajstić information content (AvgIpc) is 2.88. The molecule has 2 N–H and O–H groups in total. The first-order valence-electron chi connectivity index (χ1n) is 6.97. The van der Waals surface area contributed by atoms with Crippen molar-refractivity contribution in [3.05, 3.63) is 47.0 Å². The monoisotopic (exact) mass is 268 g/mol. The van der Waals surface area contributed by atoms with Crippen molar-refractivity contribution in [1.29, 1.82) is 0 Å². The van der Waals surface area contributed by atoms with Crippen LogP contribution in [0.1, 0.15) is 36.6 Å². The largest absolute Gasteiger partial charge is 0.320 e. The lowest BCUT2D eigenvalue weighted by Crippen LogP contribution is -2.07. The second kappa shape index (κ2) is 6.88. The Kier molecular flexibility index (Phi) is 4.91. The van der Waals surface area contributed by atoms with Crippen molar-refractivity contribution in [3.8, 4) is 11.8 Å². The molecule has 4 heteroatoms. The maximum absolute atomic E-state index is 5.44. The summed E-state index contributed by atoms with van der Waals surface area (Å²) in [5.41, 5.74) is 7.60. The number of nitrogens with two attached hydrogens (primary N) is 1. The van der Waals surface area contributed by atoms with Crippen LogP contribution in [0.4, 0.5) is 0 Å². The van der Waals surface area contributed by atoms with Crippen molar-refractivity contribution in [2.75, 3.05) is 6.54 Å². The molecule has 1 heterocycles. The van der Waals surface area contributed by atoms with E-state index in [4.69, 9.17) is 5.73 Å². The van der Waals surface area contributed by atoms with E-state index in [1.165, 1.54) is 0 Å². The van der Waals surface area contributed by atoms with Gasteiger partial charge in [-0.15, -0.1) is 0 Å². The Morgan fingerprint density at radius 1 is 1.20 bits per heavy atom. The van der Waals surface area contributed by atoms with Gasteiger partial charge in [0.05, 0.1) is 13.1 Å². The van der Waals surface area contributed by atoms with Crippen molar-refractivity contribution < 1.29 is 0 Å². The minimum Gasteiger partial charge on any atom is -0.320 e. The summed E-state index contributed by atoms with van der Waals surface area (Å²) in [5, 5.41) is 4.55. The minimum absolute atomic E-state index is 0.373. The zero-order valence-corrected chi connectivity index (χ0v) is 12.1. The Hall–Kier alpha value is -2.12. The molecular formula is C16H20N4. The normalized spacial score (nSPS) is 10.2. The number of benzene rings is 1. The molecule has 0 atom stereocenters. The number of aryl methyl sites for hydroxylation is 2. The summed E-state index contributed by atoms with van der Waals surface area (Å²) in [4.78, 5) is 4.53. The summed E-state index contributed by atoms with van der Waals surface area (Å²) < 4.78 is 1.97. The van der Waals surface area contributed by atoms with Crippen molar-refractivity contribution in [1.82, 2.24) is 14.8 Å². The Labute approximate surface area is 120 Å². The molecule has 2 rings (SSSR count). The fraction of sp³-hybridized carbons (Fsp3) is 0.375. The number of rotatable bonds is 4. The second-order valence-electron chi connectivity index (χ2n) is 4.47. The van der Waals surface area contributed by atoms with Crippen molar-refractivity contribution >= 4 is 0 Å². The van der Waals surface area contributed by atoms with Crippen LogP contribution in [0.2, 0.25) is 0 Å². The van der Waals surface area contributed by atoms with E-state index in [1.54, 1.807) is 0 Å². The van der Waals surface area contributed by atoms with Gasteiger partial charge in [0.2, 0.25) is 0 Å². The Morgan fingerprint density at radius 3 is 2.70 bits per heavy atom. The predicted molar refractivity (Wildman–Crippen MR) is 80.3 cm³/mol. The van der Waals surface area contributed by atoms with Gasteiger partial charge < -0.3 is 5.73 Å². The fourth-order valence-electron chi connectivity index (χ4n) is 2.05. The molecule has 1 aromatic heterocycles. The second-order valence-corrected chi connectivity index (χ2v) is 4.47. The summed E-state index contributed by atoms with van der Waals surface area (Å²) in [6, 6.07) is 8.10. The van der Waals surface area contributed by atoms with Crippen molar-refractivity contribution in [2.45, 2.75) is 33.2 Å². The molecule has 0 bridgehead atoms. The van der Waals surface area contributed by atoms with Crippen molar-refractivity contribution in [3.63, 3.8) is 0 Å². The summed E-state index contributed by atoms with van der Waals surface area (Å²) in [6.45, 7) is 5.24. The van der Waals surface area contributed by atoms with Crippen LogP contribution in [0, 0.1) is 11.8 Å². The first-order valence-corrected chi connectivity index (χ1v) is 6.97. The zero-order chi connectivity index (χ0) is 14.4. The van der Waals surface area contributed by atoms with E-state index in [0.29, 0.717) is 13.1 Å². The van der Waals surface area contributed by atoms with Crippen LogP contribution in [-0.2, 0) is 19.4 Å². The van der Waals surface area contributed by atoms with E-state index in [-0.39, 0.29) is 0 Å². The topological polar surface area (TPSA) is 56.7 Å². The highest BCUT2D eigenvalue weighted by molar-refractivity contribution is 5.41. The Balaban J connectivity index is 2.32. The van der Waals surface area contributed by atoms with Crippen LogP contribution in [-0.4, -0.2) is 21.3 Å². The molecule has 0 spiro atoms. The first-order chi connectivity index (χ1) is 9.78. The Morgan fingerprint density at radius 2 is 2.00 bits per heavy atom. The molecule has 4 nitrogen and oxygen atoms in total. The highest BCUT2D eigenvalue weighted by Gasteiger charge is 2.09. The van der Waals surface area contributed by atoms with Crippen LogP contribution in [0.5, 0.6) is 0 Å². The average molecular weight is 268 g/mol. The van der Waals surface area contributed by atoms with Crippen LogP contribution in [0.3, 0.4) is 0 Å². The minimum atomic E-state index is 0.373. The summed E-state index contributed by atoms with van der Waals surface area (Å²) >= 11 is 0. The van der Waals surface area contributed by atoms with Crippen LogP contribution in [0.25, 0.3) is 0 Å². The van der Waals surface area contributed by atoms with Gasteiger partial charge in [0, 0.05) is 18.4 Å². The van der Waals surface area contributed by atoms with Gasteiger partial charge in [-0.2, -0.15) is 5.10 Å². The molecule has 0 saturated carbocycles. The van der Waals surface area contributed by atoms with Crippen LogP contribution >= 0.6 is 0 Å². The number of hydrogen-bond donors (Lipinski definition) is 1. The van der Waals surface area contributed by atoms with Crippen LogP contribution < -0.4 is 5.73 Å². The summed E-state index contributed by atoms with van der Waals surface area (Å²) in [6.07, 6.45) is 1.73. The predicted octanol–water partition coefficient (Wildman–Crippen LogP) is 1.76. The lowest BCUT2D eigenvalue weighted by Gasteiger charge is -2.07. The van der Waals surface area contributed by atoms with E-state index in [1.807, 2.05) is 22.9 Å². The molecule has 0 amide bonds. The Bertz CT molecular complexity index is 631. The lowest BCUT2D eigenvalue weighted by atomic mass is 10.1. The lowest BCUT2D eigenvalue weighted by molar-refractivity contribution is 0.636. The van der Waals surface area contributed by atoms with Crippen LogP contribution in [0.15, 0.2) is 24.3 Å². The highest BCUT2D eigenvalue weighted by atomic mass is 15.3. The molecule has 0 fully saturated rings. The van der Waals surface area contributed by atoms with E-state index in [2.05, 4.69) is 41.8 Å². The molecule has 0 aliphatic rings. The van der Waals surface area contributed by atoms with Crippen molar-refractivity contribution in [2.24, 2.45) is 5.73 Å². The molecule has 0 aliphatic carbocycles. The number of hydrogen-bond acceptors (Lipinski definition) is 3. The zero-order valence-electron chi connectivity index (χ0n) is 12.1. The van der Waals surface area contributed by atoms with Gasteiger partial charge in [0.1, 0.15) is 5.82 Å². The van der Waals surface area contributed by atoms with E-state index < -0.39 is 0 Å². The highest BCUT2D eigenvalue weighted by Crippen LogP contribution is 2.11. The number of aromatic nitrogens is 3.